The minimum absolute atomic E-state index is 0.0308. The number of hydrogen-bond donors (Lipinski definition) is 0. The fourth-order valence-corrected chi connectivity index (χ4v) is 4.48. The van der Waals surface area contributed by atoms with Crippen LogP contribution in [-0.2, 0) is 6.18 Å². The van der Waals surface area contributed by atoms with Gasteiger partial charge >= 0.3 is 6.18 Å². The smallest absolute Gasteiger partial charge is 0.417 e. The van der Waals surface area contributed by atoms with Crippen molar-refractivity contribution >= 4 is 5.91 Å². The van der Waals surface area contributed by atoms with Crippen molar-refractivity contribution in [3.05, 3.63) is 47.7 Å². The summed E-state index contributed by atoms with van der Waals surface area (Å²) in [6, 6.07) is 2.18. The molecule has 2 aromatic heterocycles. The first kappa shape index (κ1) is 21.1. The first-order valence-electron chi connectivity index (χ1n) is 10.9. The average molecular weight is 447 g/mol. The molecule has 1 saturated carbocycles. The molecule has 170 valence electrons. The third-order valence-electron chi connectivity index (χ3n) is 6.32. The van der Waals surface area contributed by atoms with E-state index in [-0.39, 0.29) is 23.7 Å². The van der Waals surface area contributed by atoms with Crippen molar-refractivity contribution in [2.75, 3.05) is 26.2 Å². The van der Waals surface area contributed by atoms with Crippen molar-refractivity contribution in [3.8, 4) is 5.88 Å². The third-order valence-corrected chi connectivity index (χ3v) is 6.32. The number of carbonyl (C=O) groups is 1. The quantitative estimate of drug-likeness (QED) is 0.717. The van der Waals surface area contributed by atoms with Crippen molar-refractivity contribution in [1.29, 1.82) is 0 Å². The molecule has 2 aromatic rings. The van der Waals surface area contributed by atoms with Crippen LogP contribution in [-0.4, -0.2) is 69.0 Å². The second kappa shape index (κ2) is 8.31. The van der Waals surface area contributed by atoms with Gasteiger partial charge in [-0.15, -0.1) is 0 Å². The lowest BCUT2D eigenvalue weighted by Gasteiger charge is -2.25. The summed E-state index contributed by atoms with van der Waals surface area (Å²) in [5.74, 6) is 0.717. The summed E-state index contributed by atoms with van der Waals surface area (Å²) >= 11 is 0. The molecular formula is C22H24F3N5O2. The summed E-state index contributed by atoms with van der Waals surface area (Å²) in [5, 5.41) is 0. The minimum Gasteiger partial charge on any atom is -0.472 e. The van der Waals surface area contributed by atoms with E-state index in [1.54, 1.807) is 17.3 Å². The zero-order valence-electron chi connectivity index (χ0n) is 17.5. The summed E-state index contributed by atoms with van der Waals surface area (Å²) in [6.45, 7) is 2.63. The van der Waals surface area contributed by atoms with Gasteiger partial charge in [0.25, 0.3) is 5.91 Å². The highest BCUT2D eigenvalue weighted by atomic mass is 19.4. The number of aromatic nitrogens is 3. The van der Waals surface area contributed by atoms with Gasteiger partial charge in [-0.1, -0.05) is 0 Å². The lowest BCUT2D eigenvalue weighted by molar-refractivity contribution is -0.137. The Morgan fingerprint density at radius 1 is 1.03 bits per heavy atom. The standard InChI is InChI=1S/C22H24F3N5O2/c23-22(24,25)15-4-5-18(26-9-15)21(31)30-7-1-6-29-13-17(8-16(29)12-30)32-20-11-27-19(10-28-20)14-2-3-14/h4-5,9-11,14,16-17H,1-3,6-8,12-13H2. The Labute approximate surface area is 183 Å². The number of alkyl halides is 3. The maximum Gasteiger partial charge on any atom is 0.417 e. The van der Waals surface area contributed by atoms with E-state index >= 15 is 0 Å². The molecule has 5 rings (SSSR count). The number of carbonyl (C=O) groups excluding carboxylic acids is 1. The summed E-state index contributed by atoms with van der Waals surface area (Å²) in [7, 11) is 0. The Bertz CT molecular complexity index is 963. The summed E-state index contributed by atoms with van der Waals surface area (Å²) < 4.78 is 44.3. The molecule has 32 heavy (non-hydrogen) atoms. The van der Waals surface area contributed by atoms with Gasteiger partial charge in [0.1, 0.15) is 11.8 Å². The van der Waals surface area contributed by atoms with Gasteiger partial charge in [0.05, 0.1) is 23.7 Å². The van der Waals surface area contributed by atoms with Crippen LogP contribution in [0.25, 0.3) is 0 Å². The number of rotatable bonds is 4. The van der Waals surface area contributed by atoms with Crippen LogP contribution in [0, 0.1) is 0 Å². The van der Waals surface area contributed by atoms with E-state index in [1.807, 2.05) is 0 Å². The molecule has 4 heterocycles. The fraction of sp³-hybridized carbons (Fsp3) is 0.545. The average Bonchev–Trinajstić information content (AvgIpc) is 3.58. The number of hydrogen-bond acceptors (Lipinski definition) is 6. The van der Waals surface area contributed by atoms with E-state index in [9.17, 15) is 18.0 Å². The van der Waals surface area contributed by atoms with E-state index in [2.05, 4.69) is 19.9 Å². The maximum atomic E-state index is 12.9. The van der Waals surface area contributed by atoms with Crippen LogP contribution in [0.5, 0.6) is 5.88 Å². The van der Waals surface area contributed by atoms with E-state index in [0.29, 0.717) is 31.1 Å². The highest BCUT2D eigenvalue weighted by Gasteiger charge is 2.38. The molecule has 0 radical (unpaired) electrons. The Kier molecular flexibility index (Phi) is 5.48. The van der Waals surface area contributed by atoms with Gasteiger partial charge in [0.15, 0.2) is 0 Å². The predicted octanol–water partition coefficient (Wildman–Crippen LogP) is 3.14. The lowest BCUT2D eigenvalue weighted by Crippen LogP contribution is -2.40. The number of halogens is 3. The van der Waals surface area contributed by atoms with Crippen LogP contribution >= 0.6 is 0 Å². The van der Waals surface area contributed by atoms with Gasteiger partial charge in [0.2, 0.25) is 5.88 Å². The van der Waals surface area contributed by atoms with Crippen LogP contribution in [0.3, 0.4) is 0 Å². The van der Waals surface area contributed by atoms with Gasteiger partial charge in [-0.05, 0) is 31.4 Å². The van der Waals surface area contributed by atoms with Gasteiger partial charge in [-0.3, -0.25) is 19.7 Å². The predicted molar refractivity (Wildman–Crippen MR) is 108 cm³/mol. The van der Waals surface area contributed by atoms with Gasteiger partial charge < -0.3 is 9.64 Å². The summed E-state index contributed by atoms with van der Waals surface area (Å²) in [4.78, 5) is 29.5. The van der Waals surface area contributed by atoms with E-state index in [0.717, 1.165) is 43.8 Å². The van der Waals surface area contributed by atoms with Gasteiger partial charge in [-0.2, -0.15) is 13.2 Å². The number of amides is 1. The monoisotopic (exact) mass is 447 g/mol. The molecule has 0 aromatic carbocycles. The molecule has 2 atom stereocenters. The number of pyridine rings is 1. The topological polar surface area (TPSA) is 71.5 Å². The fourth-order valence-electron chi connectivity index (χ4n) is 4.48. The SMILES string of the molecule is O=C(c1ccc(C(F)(F)F)cn1)N1CCCN2CC(Oc3cnc(C4CC4)cn3)CC2C1. The van der Waals surface area contributed by atoms with Crippen molar-refractivity contribution in [3.63, 3.8) is 0 Å². The van der Waals surface area contributed by atoms with Crippen molar-refractivity contribution in [2.45, 2.75) is 49.9 Å². The highest BCUT2D eigenvalue weighted by molar-refractivity contribution is 5.92. The number of nitrogens with zero attached hydrogens (tertiary/aromatic N) is 5. The molecule has 2 unspecified atom stereocenters. The molecule has 2 aliphatic heterocycles. The summed E-state index contributed by atoms with van der Waals surface area (Å²) in [5.41, 5.74) is 0.187. The molecule has 0 N–H and O–H groups in total. The van der Waals surface area contributed by atoms with Crippen molar-refractivity contribution in [2.24, 2.45) is 0 Å². The molecular weight excluding hydrogens is 423 g/mol. The largest absolute Gasteiger partial charge is 0.472 e. The minimum atomic E-state index is -4.47. The van der Waals surface area contributed by atoms with E-state index < -0.39 is 11.7 Å². The van der Waals surface area contributed by atoms with Crippen LogP contribution in [0.4, 0.5) is 13.2 Å². The molecule has 0 spiro atoms. The van der Waals surface area contributed by atoms with Crippen LogP contribution in [0.1, 0.15) is 53.3 Å². The van der Waals surface area contributed by atoms with E-state index in [4.69, 9.17) is 4.74 Å². The summed E-state index contributed by atoms with van der Waals surface area (Å²) in [6.07, 6.45) is 3.55. The van der Waals surface area contributed by atoms with Crippen LogP contribution < -0.4 is 4.74 Å². The molecule has 1 amide bonds. The molecule has 1 aliphatic carbocycles. The Morgan fingerprint density at radius 2 is 1.88 bits per heavy atom. The second-order valence-corrected chi connectivity index (χ2v) is 8.71. The van der Waals surface area contributed by atoms with Crippen LogP contribution in [0.2, 0.25) is 0 Å². The highest BCUT2D eigenvalue weighted by Crippen LogP contribution is 2.38. The normalized spacial score (nSPS) is 24.2. The third kappa shape index (κ3) is 4.55. The first-order valence-corrected chi connectivity index (χ1v) is 10.9. The Balaban J connectivity index is 1.20. The van der Waals surface area contributed by atoms with Crippen molar-refractivity contribution in [1.82, 2.24) is 24.8 Å². The Hall–Kier alpha value is -2.75. The maximum absolute atomic E-state index is 12.9. The first-order chi connectivity index (χ1) is 15.4. The van der Waals surface area contributed by atoms with Crippen molar-refractivity contribution < 1.29 is 22.7 Å². The zero-order valence-corrected chi connectivity index (χ0v) is 17.5. The number of fused-ring (bicyclic) bond motifs is 1. The molecule has 2 saturated heterocycles. The van der Waals surface area contributed by atoms with Crippen LogP contribution in [0.15, 0.2) is 30.7 Å². The molecule has 0 bridgehead atoms. The second-order valence-electron chi connectivity index (χ2n) is 8.71. The zero-order chi connectivity index (χ0) is 22.3. The Morgan fingerprint density at radius 3 is 2.53 bits per heavy atom. The molecule has 3 aliphatic rings. The lowest BCUT2D eigenvalue weighted by atomic mass is 10.1. The number of ether oxygens (including phenoxy) is 1. The molecule has 7 nitrogen and oxygen atoms in total. The molecule has 10 heteroatoms. The van der Waals surface area contributed by atoms with E-state index in [1.165, 1.54) is 12.8 Å². The molecule has 3 fully saturated rings. The van der Waals surface area contributed by atoms with Gasteiger partial charge in [0, 0.05) is 50.8 Å². The van der Waals surface area contributed by atoms with Gasteiger partial charge in [-0.25, -0.2) is 4.98 Å².